The minimum Gasteiger partial charge on any atom is -0.480 e. The summed E-state index contributed by atoms with van der Waals surface area (Å²) >= 11 is 0. The molecule has 3 aliphatic rings. The van der Waals surface area contributed by atoms with Crippen LogP contribution in [0.15, 0.2) is 48.5 Å². The van der Waals surface area contributed by atoms with Gasteiger partial charge in [0.05, 0.1) is 0 Å². The number of ether oxygens (including phenoxy) is 1. The molecule has 0 bridgehead atoms. The predicted molar refractivity (Wildman–Crippen MR) is 126 cm³/mol. The second kappa shape index (κ2) is 8.46. The van der Waals surface area contributed by atoms with Gasteiger partial charge in [-0.1, -0.05) is 61.9 Å². The first kappa shape index (κ1) is 22.4. The zero-order valence-electron chi connectivity index (χ0n) is 19.3. The molecule has 0 heterocycles. The Bertz CT molecular complexity index is 1090. The minimum absolute atomic E-state index is 0.0706. The molecule has 3 aliphatic carbocycles. The number of amides is 2. The molecule has 1 unspecified atom stereocenters. The minimum atomic E-state index is -1.12. The van der Waals surface area contributed by atoms with Gasteiger partial charge in [0.1, 0.15) is 18.2 Å². The first-order valence-electron chi connectivity index (χ1n) is 12.0. The molecule has 0 aliphatic heterocycles. The summed E-state index contributed by atoms with van der Waals surface area (Å²) in [5.74, 6) is -1.59. The van der Waals surface area contributed by atoms with E-state index >= 15 is 0 Å². The van der Waals surface area contributed by atoms with E-state index in [0.29, 0.717) is 12.8 Å². The van der Waals surface area contributed by atoms with Crippen molar-refractivity contribution in [2.75, 3.05) is 6.61 Å². The van der Waals surface area contributed by atoms with Crippen LogP contribution in [0.2, 0.25) is 0 Å². The van der Waals surface area contributed by atoms with E-state index in [1.54, 1.807) is 6.92 Å². The van der Waals surface area contributed by atoms with Crippen molar-refractivity contribution >= 4 is 18.0 Å². The molecule has 7 heteroatoms. The number of hydrogen-bond acceptors (Lipinski definition) is 4. The first-order valence-corrected chi connectivity index (χ1v) is 12.0. The Morgan fingerprint density at radius 1 is 1.03 bits per heavy atom. The summed E-state index contributed by atoms with van der Waals surface area (Å²) in [6.45, 7) is 1.87. The van der Waals surface area contributed by atoms with E-state index in [1.807, 2.05) is 24.3 Å². The summed E-state index contributed by atoms with van der Waals surface area (Å²) < 4.78 is 5.67. The number of nitrogens with one attached hydrogen (secondary N) is 2. The monoisotopic (exact) mass is 462 g/mol. The third kappa shape index (κ3) is 3.73. The molecule has 2 saturated carbocycles. The molecular weight excluding hydrogens is 432 g/mol. The van der Waals surface area contributed by atoms with Crippen LogP contribution in [0.4, 0.5) is 4.79 Å². The lowest BCUT2D eigenvalue weighted by Crippen LogP contribution is -2.71. The Morgan fingerprint density at radius 3 is 2.12 bits per heavy atom. The summed E-state index contributed by atoms with van der Waals surface area (Å²) in [5.41, 5.74) is 3.49. The standard InChI is InChI=1S/C27H30N2O5/c1-2-22(23(30)31)28-24(32)27(15-26(16-27)12-7-13-26)29-25(33)34-14-21-19-10-5-3-8-17(19)18-9-4-6-11-20(18)21/h3-6,8-11,21-22H,2,7,12-16H2,1H3,(H,28,32)(H,29,33)(H,30,31). The number of aliphatic carboxylic acids is 1. The fourth-order valence-corrected chi connectivity index (χ4v) is 6.03. The number of hydrogen-bond donors (Lipinski definition) is 3. The number of benzene rings is 2. The molecule has 0 radical (unpaired) electrons. The van der Waals surface area contributed by atoms with Gasteiger partial charge in [0, 0.05) is 5.92 Å². The summed E-state index contributed by atoms with van der Waals surface area (Å²) in [5, 5.41) is 14.8. The number of carboxylic acids is 1. The second-order valence-corrected chi connectivity index (χ2v) is 10.0. The van der Waals surface area contributed by atoms with Crippen LogP contribution in [0.25, 0.3) is 11.1 Å². The van der Waals surface area contributed by atoms with E-state index in [1.165, 1.54) is 0 Å². The quantitative estimate of drug-likeness (QED) is 0.572. The van der Waals surface area contributed by atoms with Crippen LogP contribution in [0, 0.1) is 5.41 Å². The van der Waals surface area contributed by atoms with Gasteiger partial charge >= 0.3 is 12.1 Å². The van der Waals surface area contributed by atoms with Gasteiger partial charge in [-0.25, -0.2) is 9.59 Å². The van der Waals surface area contributed by atoms with Gasteiger partial charge in [0.2, 0.25) is 5.91 Å². The van der Waals surface area contributed by atoms with Gasteiger partial charge in [0.25, 0.3) is 0 Å². The van der Waals surface area contributed by atoms with Gasteiger partial charge < -0.3 is 20.5 Å². The van der Waals surface area contributed by atoms with Gasteiger partial charge in [-0.15, -0.1) is 0 Å². The number of alkyl carbamates (subject to hydrolysis) is 1. The fraction of sp³-hybridized carbons (Fsp3) is 0.444. The summed E-state index contributed by atoms with van der Waals surface area (Å²) in [6, 6.07) is 15.2. The zero-order valence-corrected chi connectivity index (χ0v) is 19.3. The van der Waals surface area contributed by atoms with Crippen LogP contribution in [-0.4, -0.2) is 41.3 Å². The average Bonchev–Trinajstić information content (AvgIpc) is 3.10. The first-order chi connectivity index (χ1) is 16.4. The highest BCUT2D eigenvalue weighted by molar-refractivity contribution is 5.94. The molecule has 2 amide bonds. The highest BCUT2D eigenvalue weighted by Crippen LogP contribution is 2.60. The van der Waals surface area contributed by atoms with E-state index in [-0.39, 0.29) is 24.4 Å². The maximum absolute atomic E-state index is 13.1. The van der Waals surface area contributed by atoms with Crippen molar-refractivity contribution < 1.29 is 24.2 Å². The molecule has 0 saturated heterocycles. The maximum atomic E-state index is 13.1. The number of carboxylic acid groups (broad SMARTS) is 1. The molecule has 7 nitrogen and oxygen atoms in total. The van der Waals surface area contributed by atoms with Crippen molar-refractivity contribution in [1.82, 2.24) is 10.6 Å². The van der Waals surface area contributed by atoms with Crippen LogP contribution in [0.3, 0.4) is 0 Å². The summed E-state index contributed by atoms with van der Waals surface area (Å²) in [6.07, 6.45) is 3.85. The number of rotatable bonds is 7. The van der Waals surface area contributed by atoms with E-state index < -0.39 is 29.6 Å². The molecule has 2 aromatic rings. The molecule has 5 rings (SSSR count). The summed E-state index contributed by atoms with van der Waals surface area (Å²) in [7, 11) is 0. The molecule has 2 fully saturated rings. The maximum Gasteiger partial charge on any atom is 0.408 e. The number of carbonyl (C=O) groups is 3. The molecule has 1 atom stereocenters. The Labute approximate surface area is 198 Å². The molecule has 3 N–H and O–H groups in total. The highest BCUT2D eigenvalue weighted by atomic mass is 16.5. The topological polar surface area (TPSA) is 105 Å². The normalized spacial score (nSPS) is 19.7. The van der Waals surface area contributed by atoms with Crippen molar-refractivity contribution in [2.45, 2.75) is 62.9 Å². The van der Waals surface area contributed by atoms with Gasteiger partial charge in [-0.3, -0.25) is 4.79 Å². The highest BCUT2D eigenvalue weighted by Gasteiger charge is 2.62. The van der Waals surface area contributed by atoms with E-state index in [9.17, 15) is 19.5 Å². The largest absolute Gasteiger partial charge is 0.480 e. The molecular formula is C27H30N2O5. The smallest absolute Gasteiger partial charge is 0.408 e. The van der Waals surface area contributed by atoms with Gasteiger partial charge in [-0.2, -0.15) is 0 Å². The Morgan fingerprint density at radius 2 is 1.62 bits per heavy atom. The fourth-order valence-electron chi connectivity index (χ4n) is 6.03. The lowest BCUT2D eigenvalue weighted by molar-refractivity contribution is -0.150. The van der Waals surface area contributed by atoms with E-state index in [4.69, 9.17) is 4.74 Å². The second-order valence-electron chi connectivity index (χ2n) is 10.0. The van der Waals surface area contributed by atoms with Crippen LogP contribution in [0.5, 0.6) is 0 Å². The van der Waals surface area contributed by atoms with Crippen LogP contribution < -0.4 is 10.6 Å². The van der Waals surface area contributed by atoms with Crippen LogP contribution in [-0.2, 0) is 14.3 Å². The van der Waals surface area contributed by atoms with Crippen LogP contribution >= 0.6 is 0 Å². The lowest BCUT2D eigenvalue weighted by Gasteiger charge is -2.59. The Balaban J connectivity index is 1.28. The zero-order chi connectivity index (χ0) is 23.9. The Kier molecular flexibility index (Phi) is 5.58. The van der Waals surface area contributed by atoms with Gasteiger partial charge in [-0.05, 0) is 59.8 Å². The number of carbonyl (C=O) groups excluding carboxylic acids is 2. The molecule has 34 heavy (non-hydrogen) atoms. The van der Waals surface area contributed by atoms with Crippen molar-refractivity contribution in [1.29, 1.82) is 0 Å². The van der Waals surface area contributed by atoms with E-state index in [2.05, 4.69) is 34.9 Å². The molecule has 2 aromatic carbocycles. The number of fused-ring (bicyclic) bond motifs is 3. The molecule has 1 spiro atoms. The van der Waals surface area contributed by atoms with Crippen molar-refractivity contribution in [3.05, 3.63) is 59.7 Å². The lowest BCUT2D eigenvalue weighted by atomic mass is 9.48. The third-order valence-corrected chi connectivity index (χ3v) is 7.90. The van der Waals surface area contributed by atoms with E-state index in [0.717, 1.165) is 41.5 Å². The molecule has 0 aromatic heterocycles. The van der Waals surface area contributed by atoms with Crippen LogP contribution in [0.1, 0.15) is 62.5 Å². The van der Waals surface area contributed by atoms with Crippen molar-refractivity contribution in [3.8, 4) is 11.1 Å². The SMILES string of the molecule is CCC(NC(=O)C1(NC(=O)OCC2c3ccccc3-c3ccccc32)CC2(CCC2)C1)C(=O)O. The predicted octanol–water partition coefficient (Wildman–Crippen LogP) is 4.21. The average molecular weight is 463 g/mol. The Hall–Kier alpha value is -3.35. The van der Waals surface area contributed by atoms with Crippen molar-refractivity contribution in [3.63, 3.8) is 0 Å². The van der Waals surface area contributed by atoms with Gasteiger partial charge in [0.15, 0.2) is 0 Å². The molecule has 178 valence electrons. The summed E-state index contributed by atoms with van der Waals surface area (Å²) in [4.78, 5) is 37.5. The third-order valence-electron chi connectivity index (χ3n) is 7.90. The van der Waals surface area contributed by atoms with Crippen molar-refractivity contribution in [2.24, 2.45) is 5.41 Å².